The van der Waals surface area contributed by atoms with Crippen LogP contribution in [0.2, 0.25) is 0 Å². The van der Waals surface area contributed by atoms with E-state index in [1.54, 1.807) is 0 Å². The van der Waals surface area contributed by atoms with Gasteiger partial charge in [0.15, 0.2) is 0 Å². The van der Waals surface area contributed by atoms with Gasteiger partial charge in [-0.15, -0.1) is 0 Å². The summed E-state index contributed by atoms with van der Waals surface area (Å²) >= 11 is 1.51. The second-order valence-corrected chi connectivity index (χ2v) is 5.32. The second kappa shape index (κ2) is 8.93. The third-order valence-corrected chi connectivity index (χ3v) is 3.38. The molecule has 1 rings (SSSR count). The number of phenolic OH excluding ortho intramolecular Hbond substituents is 1. The molecule has 7 nitrogen and oxygen atoms in total. The van der Waals surface area contributed by atoms with Crippen molar-refractivity contribution in [2.75, 3.05) is 24.4 Å². The maximum atomic E-state index is 11.8. The van der Waals surface area contributed by atoms with Crippen molar-refractivity contribution in [3.8, 4) is 5.75 Å². The molecule has 1 atom stereocenters. The maximum Gasteiger partial charge on any atom is 0.328 e. The molecule has 0 aliphatic heterocycles. The van der Waals surface area contributed by atoms with Crippen LogP contribution in [-0.2, 0) is 19.1 Å². The quantitative estimate of drug-likeness (QED) is 0.405. The van der Waals surface area contributed by atoms with Gasteiger partial charge in [-0.1, -0.05) is 0 Å². The lowest BCUT2D eigenvalue weighted by atomic mass is 10.2. The zero-order chi connectivity index (χ0) is 16.5. The molecule has 22 heavy (non-hydrogen) atoms. The summed E-state index contributed by atoms with van der Waals surface area (Å²) in [5, 5.41) is 13.9. The Labute approximate surface area is 132 Å². The number of nitrogens with one attached hydrogen (secondary N) is 2. The van der Waals surface area contributed by atoms with Crippen molar-refractivity contribution < 1.29 is 24.2 Å². The van der Waals surface area contributed by atoms with Crippen molar-refractivity contribution in [3.05, 3.63) is 24.3 Å². The third kappa shape index (κ3) is 5.65. The number of carbonyl (C=O) groups excluding carboxylic acids is 3. The molecule has 8 heteroatoms. The van der Waals surface area contributed by atoms with Crippen LogP contribution in [0.5, 0.6) is 5.75 Å². The molecule has 1 aromatic rings. The highest BCUT2D eigenvalue weighted by Crippen LogP contribution is 2.13. The number of methoxy groups -OCH3 is 1. The minimum atomic E-state index is -0.926. The topological polar surface area (TPSA) is 105 Å². The Bertz CT molecular complexity index is 533. The van der Waals surface area contributed by atoms with Crippen LogP contribution in [0.4, 0.5) is 5.69 Å². The molecule has 0 heterocycles. The molecule has 1 unspecified atom stereocenters. The Balaban J connectivity index is 2.62. The van der Waals surface area contributed by atoms with Gasteiger partial charge in [0, 0.05) is 5.69 Å². The van der Waals surface area contributed by atoms with E-state index in [1.165, 1.54) is 43.1 Å². The van der Waals surface area contributed by atoms with E-state index in [4.69, 9.17) is 5.11 Å². The van der Waals surface area contributed by atoms with Gasteiger partial charge in [-0.3, -0.25) is 9.59 Å². The fourth-order valence-corrected chi connectivity index (χ4v) is 2.05. The minimum absolute atomic E-state index is 0.0465. The number of phenols is 1. The first-order valence-electron chi connectivity index (χ1n) is 6.45. The van der Waals surface area contributed by atoms with Gasteiger partial charge in [0.1, 0.15) is 11.8 Å². The predicted octanol–water partition coefficient (Wildman–Crippen LogP) is 0.742. The molecule has 3 N–H and O–H groups in total. The molecule has 0 spiro atoms. The summed E-state index contributed by atoms with van der Waals surface area (Å²) in [4.78, 5) is 35.2. The molecule has 120 valence electrons. The normalized spacial score (nSPS) is 11.4. The molecule has 0 radical (unpaired) electrons. The van der Waals surface area contributed by atoms with Crippen LogP contribution in [0.25, 0.3) is 0 Å². The Morgan fingerprint density at radius 1 is 1.23 bits per heavy atom. The molecule has 0 bridgehead atoms. The summed E-state index contributed by atoms with van der Waals surface area (Å²) in [6.45, 7) is 0. The number of ether oxygens (including phenoxy) is 1. The molecule has 2 amide bonds. The van der Waals surface area contributed by atoms with Crippen molar-refractivity contribution in [3.63, 3.8) is 0 Å². The lowest BCUT2D eigenvalue weighted by Crippen LogP contribution is -2.46. The third-order valence-electron chi connectivity index (χ3n) is 2.73. The molecule has 0 saturated carbocycles. The van der Waals surface area contributed by atoms with Gasteiger partial charge in [0.2, 0.25) is 0 Å². The Hall–Kier alpha value is -2.22. The van der Waals surface area contributed by atoms with Crippen LogP contribution >= 0.6 is 11.8 Å². The van der Waals surface area contributed by atoms with Gasteiger partial charge in [0.25, 0.3) is 0 Å². The molecule has 0 fully saturated rings. The van der Waals surface area contributed by atoms with Gasteiger partial charge in [0.05, 0.1) is 7.11 Å². The number of rotatable bonds is 6. The first kappa shape index (κ1) is 17.8. The average Bonchev–Trinajstić information content (AvgIpc) is 2.52. The van der Waals surface area contributed by atoms with E-state index in [0.29, 0.717) is 17.9 Å². The molecular formula is C14H18N2O5S. The number of thioether (sulfide) groups is 1. The first-order valence-corrected chi connectivity index (χ1v) is 7.85. The zero-order valence-corrected chi connectivity index (χ0v) is 13.1. The van der Waals surface area contributed by atoms with Gasteiger partial charge in [-0.05, 0) is 42.7 Å². The summed E-state index contributed by atoms with van der Waals surface area (Å²) in [6, 6.07) is 4.79. The second-order valence-electron chi connectivity index (χ2n) is 4.33. The van der Waals surface area contributed by atoms with Gasteiger partial charge >= 0.3 is 17.8 Å². The van der Waals surface area contributed by atoms with E-state index in [0.717, 1.165) is 0 Å². The van der Waals surface area contributed by atoms with Crippen molar-refractivity contribution in [1.29, 1.82) is 0 Å². The number of aromatic hydroxyl groups is 1. The Kier molecular flexibility index (Phi) is 7.24. The highest BCUT2D eigenvalue weighted by Gasteiger charge is 2.24. The number of esters is 1. The lowest BCUT2D eigenvalue weighted by molar-refractivity contribution is -0.146. The monoisotopic (exact) mass is 326 g/mol. The Morgan fingerprint density at radius 2 is 1.86 bits per heavy atom. The molecule has 0 saturated heterocycles. The van der Waals surface area contributed by atoms with E-state index in [9.17, 15) is 14.4 Å². The number of carbonyl (C=O) groups is 3. The van der Waals surface area contributed by atoms with Crippen molar-refractivity contribution in [1.82, 2.24) is 5.32 Å². The summed E-state index contributed by atoms with van der Waals surface area (Å²) < 4.78 is 4.60. The van der Waals surface area contributed by atoms with Crippen LogP contribution in [0, 0.1) is 0 Å². The predicted molar refractivity (Wildman–Crippen MR) is 83.7 cm³/mol. The summed E-state index contributed by atoms with van der Waals surface area (Å²) in [5.74, 6) is -1.74. The van der Waals surface area contributed by atoms with Crippen molar-refractivity contribution >= 4 is 35.2 Å². The van der Waals surface area contributed by atoms with Crippen LogP contribution in [0.3, 0.4) is 0 Å². The van der Waals surface area contributed by atoms with Crippen molar-refractivity contribution in [2.45, 2.75) is 12.5 Å². The molecular weight excluding hydrogens is 308 g/mol. The van der Waals surface area contributed by atoms with E-state index < -0.39 is 23.8 Å². The first-order chi connectivity index (χ1) is 10.5. The largest absolute Gasteiger partial charge is 0.508 e. The van der Waals surface area contributed by atoms with E-state index >= 15 is 0 Å². The average molecular weight is 326 g/mol. The molecule has 0 aromatic heterocycles. The molecule has 0 aliphatic carbocycles. The zero-order valence-electron chi connectivity index (χ0n) is 12.3. The van der Waals surface area contributed by atoms with Crippen LogP contribution in [0.1, 0.15) is 6.42 Å². The summed E-state index contributed by atoms with van der Waals surface area (Å²) in [7, 11) is 1.22. The number of hydrogen-bond donors (Lipinski definition) is 3. The Morgan fingerprint density at radius 3 is 2.41 bits per heavy atom. The maximum absolute atomic E-state index is 11.8. The number of amides is 2. The van der Waals surface area contributed by atoms with E-state index in [-0.39, 0.29) is 5.75 Å². The highest BCUT2D eigenvalue weighted by atomic mass is 32.2. The summed E-state index contributed by atoms with van der Waals surface area (Å²) in [5.41, 5.74) is 0.358. The summed E-state index contributed by atoms with van der Waals surface area (Å²) in [6.07, 6.45) is 2.24. The SMILES string of the molecule is COC(=O)C(CCSC)NC(=O)C(=O)Nc1ccc(O)cc1. The standard InChI is InChI=1S/C14H18N2O5S/c1-21-14(20)11(7-8-22-2)16-13(19)12(18)15-9-3-5-10(17)6-4-9/h3-6,11,17H,7-8H2,1-2H3,(H,15,18)(H,16,19). The number of hydrogen-bond acceptors (Lipinski definition) is 6. The van der Waals surface area contributed by atoms with Gasteiger partial charge < -0.3 is 20.5 Å². The van der Waals surface area contributed by atoms with Crippen LogP contribution in [0.15, 0.2) is 24.3 Å². The number of benzene rings is 1. The van der Waals surface area contributed by atoms with Gasteiger partial charge in [-0.25, -0.2) is 4.79 Å². The van der Waals surface area contributed by atoms with Crippen LogP contribution in [-0.4, -0.2) is 48.1 Å². The minimum Gasteiger partial charge on any atom is -0.508 e. The smallest absolute Gasteiger partial charge is 0.328 e. The molecule has 1 aromatic carbocycles. The fourth-order valence-electron chi connectivity index (χ4n) is 1.58. The molecule has 0 aliphatic rings. The highest BCUT2D eigenvalue weighted by molar-refractivity contribution is 7.98. The fraction of sp³-hybridized carbons (Fsp3) is 0.357. The van der Waals surface area contributed by atoms with Crippen LogP contribution < -0.4 is 10.6 Å². The lowest BCUT2D eigenvalue weighted by Gasteiger charge is -2.15. The van der Waals surface area contributed by atoms with E-state index in [1.807, 2.05) is 6.26 Å². The van der Waals surface area contributed by atoms with E-state index in [2.05, 4.69) is 15.4 Å². The van der Waals surface area contributed by atoms with Crippen molar-refractivity contribution in [2.24, 2.45) is 0 Å². The number of anilines is 1. The van der Waals surface area contributed by atoms with Gasteiger partial charge in [-0.2, -0.15) is 11.8 Å².